The van der Waals surface area contributed by atoms with E-state index in [4.69, 9.17) is 4.74 Å². The molecule has 2 heteroatoms. The van der Waals surface area contributed by atoms with Gasteiger partial charge in [0.2, 0.25) is 0 Å². The Morgan fingerprint density at radius 1 is 1.05 bits per heavy atom. The molecular weight excluding hydrogens is 260 g/mol. The van der Waals surface area contributed by atoms with Crippen LogP contribution in [0.4, 0.5) is 0 Å². The molecule has 2 aromatic carbocycles. The first-order chi connectivity index (χ1) is 10.0. The molecule has 0 aromatic heterocycles. The zero-order chi connectivity index (χ0) is 15.4. The lowest BCUT2D eigenvalue weighted by molar-refractivity contribution is 0.0286. The van der Waals surface area contributed by atoms with Gasteiger partial charge in [-0.15, -0.1) is 0 Å². The van der Waals surface area contributed by atoms with Crippen LogP contribution in [0.5, 0.6) is 0 Å². The number of aryl methyl sites for hydroxylation is 3. The van der Waals surface area contributed by atoms with E-state index in [9.17, 15) is 4.79 Å². The van der Waals surface area contributed by atoms with Crippen molar-refractivity contribution in [3.05, 3.63) is 70.3 Å². The lowest BCUT2D eigenvalue weighted by Gasteiger charge is -2.18. The third-order valence-electron chi connectivity index (χ3n) is 3.67. The van der Waals surface area contributed by atoms with Crippen LogP contribution in [0.3, 0.4) is 0 Å². The second-order valence-corrected chi connectivity index (χ2v) is 5.49. The molecule has 0 saturated carbocycles. The molecule has 0 heterocycles. The summed E-state index contributed by atoms with van der Waals surface area (Å²) in [6, 6.07) is 13.9. The van der Waals surface area contributed by atoms with Crippen molar-refractivity contribution in [2.24, 2.45) is 0 Å². The van der Waals surface area contributed by atoms with Crippen molar-refractivity contribution in [2.75, 3.05) is 0 Å². The SMILES string of the molecule is CC[C@H](OC(=O)c1c(C)cc(C)cc1C)c1ccccc1. The summed E-state index contributed by atoms with van der Waals surface area (Å²) in [4.78, 5) is 12.5. The molecule has 21 heavy (non-hydrogen) atoms. The molecule has 0 amide bonds. The van der Waals surface area contributed by atoms with Gasteiger partial charge in [-0.3, -0.25) is 0 Å². The quantitative estimate of drug-likeness (QED) is 0.744. The third kappa shape index (κ3) is 3.52. The highest BCUT2D eigenvalue weighted by molar-refractivity contribution is 5.93. The fraction of sp³-hybridized carbons (Fsp3) is 0.316. The Kier molecular flexibility index (Phi) is 4.79. The number of carbonyl (C=O) groups excluding carboxylic acids is 1. The molecule has 0 aliphatic carbocycles. The van der Waals surface area contributed by atoms with Gasteiger partial charge in [-0.25, -0.2) is 4.79 Å². The van der Waals surface area contributed by atoms with E-state index < -0.39 is 0 Å². The minimum absolute atomic E-state index is 0.196. The first kappa shape index (κ1) is 15.3. The average Bonchev–Trinajstić information content (AvgIpc) is 2.44. The molecule has 0 spiro atoms. The molecule has 0 aliphatic heterocycles. The zero-order valence-electron chi connectivity index (χ0n) is 13.1. The van der Waals surface area contributed by atoms with Crippen molar-refractivity contribution >= 4 is 5.97 Å². The topological polar surface area (TPSA) is 26.3 Å². The van der Waals surface area contributed by atoms with Crippen LogP contribution >= 0.6 is 0 Å². The van der Waals surface area contributed by atoms with Crippen LogP contribution in [0.1, 0.15) is 52.1 Å². The van der Waals surface area contributed by atoms with Crippen LogP contribution in [0.25, 0.3) is 0 Å². The van der Waals surface area contributed by atoms with Gasteiger partial charge in [0.05, 0.1) is 5.56 Å². The monoisotopic (exact) mass is 282 g/mol. The molecule has 0 N–H and O–H groups in total. The molecule has 1 atom stereocenters. The maximum atomic E-state index is 12.5. The molecular formula is C19H22O2. The predicted octanol–water partition coefficient (Wildman–Crippen LogP) is 4.92. The Hall–Kier alpha value is -2.09. The molecule has 2 rings (SSSR count). The van der Waals surface area contributed by atoms with Crippen LogP contribution in [-0.2, 0) is 4.74 Å². The number of ether oxygens (including phenoxy) is 1. The highest BCUT2D eigenvalue weighted by Gasteiger charge is 2.19. The van der Waals surface area contributed by atoms with Crippen molar-refractivity contribution in [1.82, 2.24) is 0 Å². The van der Waals surface area contributed by atoms with Gasteiger partial charge in [0, 0.05) is 0 Å². The van der Waals surface area contributed by atoms with Gasteiger partial charge in [-0.1, -0.05) is 55.0 Å². The number of hydrogen-bond acceptors (Lipinski definition) is 2. The van der Waals surface area contributed by atoms with Gasteiger partial charge in [0.1, 0.15) is 6.10 Å². The first-order valence-corrected chi connectivity index (χ1v) is 7.36. The third-order valence-corrected chi connectivity index (χ3v) is 3.67. The molecule has 110 valence electrons. The second-order valence-electron chi connectivity index (χ2n) is 5.49. The van der Waals surface area contributed by atoms with Gasteiger partial charge in [0.15, 0.2) is 0 Å². The Morgan fingerprint density at radius 3 is 2.14 bits per heavy atom. The van der Waals surface area contributed by atoms with Gasteiger partial charge in [-0.05, 0) is 43.9 Å². The number of hydrogen-bond donors (Lipinski definition) is 0. The summed E-state index contributed by atoms with van der Waals surface area (Å²) in [5.41, 5.74) is 4.84. The highest BCUT2D eigenvalue weighted by atomic mass is 16.5. The van der Waals surface area contributed by atoms with E-state index in [0.717, 1.165) is 28.7 Å². The van der Waals surface area contributed by atoms with Crippen molar-refractivity contribution in [2.45, 2.75) is 40.2 Å². The fourth-order valence-electron chi connectivity index (χ4n) is 2.74. The molecule has 0 aliphatic rings. The van der Waals surface area contributed by atoms with E-state index in [2.05, 4.69) is 0 Å². The molecule has 0 bridgehead atoms. The van der Waals surface area contributed by atoms with Crippen LogP contribution in [-0.4, -0.2) is 5.97 Å². The van der Waals surface area contributed by atoms with Crippen molar-refractivity contribution < 1.29 is 9.53 Å². The molecule has 0 saturated heterocycles. The number of carbonyl (C=O) groups is 1. The Labute approximate surface area is 126 Å². The van der Waals surface area contributed by atoms with Crippen molar-refractivity contribution in [3.8, 4) is 0 Å². The summed E-state index contributed by atoms with van der Waals surface area (Å²) in [5.74, 6) is -0.235. The maximum Gasteiger partial charge on any atom is 0.339 e. The number of benzene rings is 2. The summed E-state index contributed by atoms with van der Waals surface area (Å²) < 4.78 is 5.73. The molecule has 0 unspecified atom stereocenters. The Balaban J connectivity index is 2.25. The fourth-order valence-corrected chi connectivity index (χ4v) is 2.74. The van der Waals surface area contributed by atoms with Crippen LogP contribution in [0.15, 0.2) is 42.5 Å². The Bertz CT molecular complexity index is 606. The standard InChI is InChI=1S/C19H22O2/c1-5-17(16-9-7-6-8-10-16)21-19(20)18-14(3)11-13(2)12-15(18)4/h6-12,17H,5H2,1-4H3/t17-/m0/s1. The molecule has 2 nitrogen and oxygen atoms in total. The van der Waals surface area contributed by atoms with Gasteiger partial charge < -0.3 is 4.74 Å². The minimum Gasteiger partial charge on any atom is -0.454 e. The molecule has 0 fully saturated rings. The van der Waals surface area contributed by atoms with E-state index in [1.165, 1.54) is 0 Å². The van der Waals surface area contributed by atoms with Crippen molar-refractivity contribution in [1.29, 1.82) is 0 Å². The second kappa shape index (κ2) is 6.57. The van der Waals surface area contributed by atoms with E-state index in [1.54, 1.807) is 0 Å². The van der Waals surface area contributed by atoms with Gasteiger partial charge in [0.25, 0.3) is 0 Å². The molecule has 2 aromatic rings. The smallest absolute Gasteiger partial charge is 0.339 e. The minimum atomic E-state index is -0.235. The summed E-state index contributed by atoms with van der Waals surface area (Å²) in [5, 5.41) is 0. The zero-order valence-corrected chi connectivity index (χ0v) is 13.1. The van der Waals surface area contributed by atoms with E-state index in [0.29, 0.717) is 5.56 Å². The van der Waals surface area contributed by atoms with Crippen molar-refractivity contribution in [3.63, 3.8) is 0 Å². The van der Waals surface area contributed by atoms with Crippen LogP contribution in [0, 0.1) is 20.8 Å². The van der Waals surface area contributed by atoms with Crippen LogP contribution < -0.4 is 0 Å². The Morgan fingerprint density at radius 2 is 1.62 bits per heavy atom. The lowest BCUT2D eigenvalue weighted by Crippen LogP contribution is -2.14. The summed E-state index contributed by atoms with van der Waals surface area (Å²) >= 11 is 0. The maximum absolute atomic E-state index is 12.5. The van der Waals surface area contributed by atoms with E-state index in [-0.39, 0.29) is 12.1 Å². The number of esters is 1. The summed E-state index contributed by atoms with van der Waals surface area (Å²) in [6.45, 7) is 7.98. The highest BCUT2D eigenvalue weighted by Crippen LogP contribution is 2.25. The largest absolute Gasteiger partial charge is 0.454 e. The first-order valence-electron chi connectivity index (χ1n) is 7.36. The normalized spacial score (nSPS) is 12.0. The van der Waals surface area contributed by atoms with E-state index in [1.807, 2.05) is 70.2 Å². The molecule has 0 radical (unpaired) electrons. The average molecular weight is 282 g/mol. The van der Waals surface area contributed by atoms with Crippen LogP contribution in [0.2, 0.25) is 0 Å². The summed E-state index contributed by atoms with van der Waals surface area (Å²) in [7, 11) is 0. The number of rotatable bonds is 4. The van der Waals surface area contributed by atoms with Gasteiger partial charge >= 0.3 is 5.97 Å². The van der Waals surface area contributed by atoms with Gasteiger partial charge in [-0.2, -0.15) is 0 Å². The predicted molar refractivity (Wildman–Crippen MR) is 85.5 cm³/mol. The van der Waals surface area contributed by atoms with E-state index >= 15 is 0 Å². The summed E-state index contributed by atoms with van der Waals surface area (Å²) in [6.07, 6.45) is 0.568. The lowest BCUT2D eigenvalue weighted by atomic mass is 10.00.